The van der Waals surface area contributed by atoms with Crippen LogP contribution >= 0.6 is 11.6 Å². The minimum absolute atomic E-state index is 0.429. The largest absolute Gasteiger partial charge is 0.315 e. The summed E-state index contributed by atoms with van der Waals surface area (Å²) in [6, 6.07) is 0. The number of nitrogens with one attached hydrogen (secondary N) is 1. The molecule has 0 atom stereocenters. The second kappa shape index (κ2) is 2.78. The molecule has 1 aliphatic carbocycles. The number of aromatic nitrogens is 2. The van der Waals surface area contributed by atoms with Gasteiger partial charge in [0.05, 0.1) is 5.02 Å². The van der Waals surface area contributed by atoms with Crippen LogP contribution in [0.1, 0.15) is 12.2 Å². The maximum atomic E-state index is 5.72. The highest BCUT2D eigenvalue weighted by molar-refractivity contribution is 6.30. The van der Waals surface area contributed by atoms with Gasteiger partial charge in [0, 0.05) is 30.9 Å². The molecule has 0 aromatic carbocycles. The molecule has 3 rings (SSSR count). The predicted molar refractivity (Wildman–Crippen MR) is 54.9 cm³/mol. The zero-order valence-electron chi connectivity index (χ0n) is 7.63. The SMILES string of the molecule is Clc1cnc(C2=CC3(CNC3)C2)nc1. The quantitative estimate of drug-likeness (QED) is 0.759. The van der Waals surface area contributed by atoms with Gasteiger partial charge in [-0.1, -0.05) is 17.7 Å². The van der Waals surface area contributed by atoms with E-state index in [2.05, 4.69) is 21.4 Å². The van der Waals surface area contributed by atoms with E-state index in [4.69, 9.17) is 11.6 Å². The van der Waals surface area contributed by atoms with Gasteiger partial charge in [-0.15, -0.1) is 0 Å². The summed E-state index contributed by atoms with van der Waals surface area (Å²) in [4.78, 5) is 8.38. The van der Waals surface area contributed by atoms with E-state index in [0.29, 0.717) is 10.4 Å². The van der Waals surface area contributed by atoms with Gasteiger partial charge in [0.15, 0.2) is 5.82 Å². The summed E-state index contributed by atoms with van der Waals surface area (Å²) in [5.41, 5.74) is 1.68. The summed E-state index contributed by atoms with van der Waals surface area (Å²) >= 11 is 5.72. The van der Waals surface area contributed by atoms with Crippen LogP contribution in [0.5, 0.6) is 0 Å². The van der Waals surface area contributed by atoms with Gasteiger partial charge in [-0.25, -0.2) is 9.97 Å². The van der Waals surface area contributed by atoms with E-state index in [0.717, 1.165) is 25.3 Å². The Morgan fingerprint density at radius 2 is 1.93 bits per heavy atom. The fourth-order valence-corrected chi connectivity index (χ4v) is 2.11. The molecule has 1 N–H and O–H groups in total. The van der Waals surface area contributed by atoms with Crippen LogP contribution in [0.2, 0.25) is 5.02 Å². The van der Waals surface area contributed by atoms with E-state index in [9.17, 15) is 0 Å². The highest BCUT2D eigenvalue weighted by Gasteiger charge is 2.42. The lowest BCUT2D eigenvalue weighted by molar-refractivity contribution is 0.224. The van der Waals surface area contributed by atoms with Gasteiger partial charge in [-0.3, -0.25) is 0 Å². The molecule has 0 saturated carbocycles. The summed E-state index contributed by atoms with van der Waals surface area (Å²) in [6.45, 7) is 2.20. The Hall–Kier alpha value is -0.930. The van der Waals surface area contributed by atoms with Crippen LogP contribution in [0.25, 0.3) is 5.57 Å². The molecule has 2 heterocycles. The summed E-state index contributed by atoms with van der Waals surface area (Å²) in [7, 11) is 0. The average molecular weight is 208 g/mol. The lowest BCUT2D eigenvalue weighted by Crippen LogP contribution is -2.55. The maximum Gasteiger partial charge on any atom is 0.154 e. The third-order valence-corrected chi connectivity index (χ3v) is 3.08. The predicted octanol–water partition coefficient (Wildman–Crippen LogP) is 1.51. The molecular weight excluding hydrogens is 198 g/mol. The normalized spacial score (nSPS) is 22.5. The van der Waals surface area contributed by atoms with Crippen LogP contribution in [-0.2, 0) is 0 Å². The van der Waals surface area contributed by atoms with Crippen molar-refractivity contribution in [3.63, 3.8) is 0 Å². The molecule has 1 aromatic rings. The van der Waals surface area contributed by atoms with Crippen LogP contribution in [0.4, 0.5) is 0 Å². The number of hydrogen-bond acceptors (Lipinski definition) is 3. The lowest BCUT2D eigenvalue weighted by Gasteiger charge is -2.47. The standard InChI is InChI=1S/C10H10ClN3/c11-8-3-13-9(14-4-8)7-1-10(2-7)5-12-6-10/h1,3-4,12H,2,5-6H2. The highest BCUT2D eigenvalue weighted by atomic mass is 35.5. The van der Waals surface area contributed by atoms with Crippen LogP contribution in [0.3, 0.4) is 0 Å². The number of halogens is 1. The van der Waals surface area contributed by atoms with E-state index in [1.165, 1.54) is 5.57 Å². The maximum absolute atomic E-state index is 5.72. The first-order valence-corrected chi connectivity index (χ1v) is 5.06. The molecule has 0 radical (unpaired) electrons. The minimum Gasteiger partial charge on any atom is -0.315 e. The fraction of sp³-hybridized carbons (Fsp3) is 0.400. The summed E-state index contributed by atoms with van der Waals surface area (Å²) in [5, 5.41) is 3.87. The van der Waals surface area contributed by atoms with Gasteiger partial charge in [-0.2, -0.15) is 0 Å². The Morgan fingerprint density at radius 1 is 1.29 bits per heavy atom. The van der Waals surface area contributed by atoms with Crippen LogP contribution in [-0.4, -0.2) is 23.1 Å². The van der Waals surface area contributed by atoms with E-state index >= 15 is 0 Å². The first kappa shape index (κ1) is 8.38. The van der Waals surface area contributed by atoms with Gasteiger partial charge < -0.3 is 5.32 Å². The van der Waals surface area contributed by atoms with Crippen molar-refractivity contribution in [1.29, 1.82) is 0 Å². The number of hydrogen-bond donors (Lipinski definition) is 1. The molecule has 4 heteroatoms. The van der Waals surface area contributed by atoms with Gasteiger partial charge in [0.2, 0.25) is 0 Å². The number of allylic oxidation sites excluding steroid dienone is 1. The van der Waals surface area contributed by atoms with E-state index in [-0.39, 0.29) is 0 Å². The number of nitrogens with zero attached hydrogens (tertiary/aromatic N) is 2. The Kier molecular flexibility index (Phi) is 1.66. The van der Waals surface area contributed by atoms with E-state index < -0.39 is 0 Å². The summed E-state index contributed by atoms with van der Waals surface area (Å²) in [6.07, 6.45) is 6.68. The lowest BCUT2D eigenvalue weighted by atomic mass is 9.66. The van der Waals surface area contributed by atoms with Crippen molar-refractivity contribution in [2.75, 3.05) is 13.1 Å². The smallest absolute Gasteiger partial charge is 0.154 e. The van der Waals surface area contributed by atoms with Crippen LogP contribution < -0.4 is 5.32 Å². The third-order valence-electron chi connectivity index (χ3n) is 2.88. The second-order valence-corrected chi connectivity index (χ2v) is 4.47. The van der Waals surface area contributed by atoms with Crippen LogP contribution in [0, 0.1) is 5.41 Å². The van der Waals surface area contributed by atoms with Crippen molar-refractivity contribution >= 4 is 17.2 Å². The Labute approximate surface area is 87.2 Å². The average Bonchev–Trinajstić information content (AvgIpc) is 2.03. The molecule has 2 aliphatic rings. The number of rotatable bonds is 1. The molecule has 1 fully saturated rings. The summed E-state index contributed by atoms with van der Waals surface area (Å²) < 4.78 is 0. The highest BCUT2D eigenvalue weighted by Crippen LogP contribution is 2.45. The van der Waals surface area contributed by atoms with Gasteiger partial charge >= 0.3 is 0 Å². The zero-order chi connectivity index (χ0) is 9.60. The molecule has 1 spiro atoms. The Bertz CT molecular complexity index is 392. The minimum atomic E-state index is 0.429. The van der Waals surface area contributed by atoms with Crippen LogP contribution in [0.15, 0.2) is 18.5 Å². The van der Waals surface area contributed by atoms with Crippen molar-refractivity contribution in [1.82, 2.24) is 15.3 Å². The molecule has 1 saturated heterocycles. The molecule has 3 nitrogen and oxygen atoms in total. The second-order valence-electron chi connectivity index (χ2n) is 4.04. The molecule has 0 unspecified atom stereocenters. The topological polar surface area (TPSA) is 37.8 Å². The van der Waals surface area contributed by atoms with Crippen molar-refractivity contribution in [3.8, 4) is 0 Å². The fourth-order valence-electron chi connectivity index (χ4n) is 2.01. The molecule has 0 bridgehead atoms. The van der Waals surface area contributed by atoms with Crippen molar-refractivity contribution in [2.45, 2.75) is 6.42 Å². The molecule has 14 heavy (non-hydrogen) atoms. The monoisotopic (exact) mass is 207 g/mol. The van der Waals surface area contributed by atoms with Crippen molar-refractivity contribution < 1.29 is 0 Å². The first-order chi connectivity index (χ1) is 6.77. The molecular formula is C10H10ClN3. The van der Waals surface area contributed by atoms with Gasteiger partial charge in [0.25, 0.3) is 0 Å². The molecule has 1 aliphatic heterocycles. The van der Waals surface area contributed by atoms with Crippen molar-refractivity contribution in [2.24, 2.45) is 5.41 Å². The third kappa shape index (κ3) is 1.16. The van der Waals surface area contributed by atoms with Gasteiger partial charge in [0.1, 0.15) is 0 Å². The molecule has 72 valence electrons. The zero-order valence-corrected chi connectivity index (χ0v) is 8.38. The van der Waals surface area contributed by atoms with E-state index in [1.54, 1.807) is 12.4 Å². The van der Waals surface area contributed by atoms with Gasteiger partial charge in [-0.05, 0) is 12.0 Å². The first-order valence-electron chi connectivity index (χ1n) is 4.68. The van der Waals surface area contributed by atoms with E-state index in [1.807, 2.05) is 0 Å². The molecule has 1 aromatic heterocycles. The Morgan fingerprint density at radius 3 is 2.43 bits per heavy atom. The Balaban J connectivity index is 1.85. The molecule has 0 amide bonds. The summed E-state index contributed by atoms with van der Waals surface area (Å²) in [5.74, 6) is 0.826. The van der Waals surface area contributed by atoms with Crippen molar-refractivity contribution in [3.05, 3.63) is 29.3 Å².